The average molecular weight is 287 g/mol. The number of nitrogens with one attached hydrogen (secondary N) is 1. The SMILES string of the molecule is CC(C)=C(/C=C\C=N)C1CCC(C2CCC(C)CC2)CC1. The van der Waals surface area contributed by atoms with Crippen LogP contribution < -0.4 is 0 Å². The molecule has 1 nitrogen and oxygen atoms in total. The third kappa shape index (κ3) is 4.56. The molecule has 0 spiro atoms. The summed E-state index contributed by atoms with van der Waals surface area (Å²) in [7, 11) is 0. The molecule has 0 bridgehead atoms. The zero-order chi connectivity index (χ0) is 15.2. The van der Waals surface area contributed by atoms with E-state index in [0.29, 0.717) is 0 Å². The van der Waals surface area contributed by atoms with Crippen molar-refractivity contribution >= 4 is 6.21 Å². The van der Waals surface area contributed by atoms with E-state index in [-0.39, 0.29) is 0 Å². The Bertz CT molecular complexity index is 384. The number of allylic oxidation sites excluding steroid dienone is 4. The van der Waals surface area contributed by atoms with Crippen molar-refractivity contribution in [2.24, 2.45) is 23.7 Å². The number of rotatable bonds is 4. The lowest BCUT2D eigenvalue weighted by molar-refractivity contribution is 0.158. The van der Waals surface area contributed by atoms with Gasteiger partial charge in [0.2, 0.25) is 0 Å². The van der Waals surface area contributed by atoms with Gasteiger partial charge in [-0.05, 0) is 87.7 Å². The highest BCUT2D eigenvalue weighted by Gasteiger charge is 2.30. The van der Waals surface area contributed by atoms with E-state index in [1.165, 1.54) is 68.7 Å². The zero-order valence-electron chi connectivity index (χ0n) is 14.2. The minimum atomic E-state index is 0.741. The summed E-state index contributed by atoms with van der Waals surface area (Å²) in [6.07, 6.45) is 16.9. The first-order valence-electron chi connectivity index (χ1n) is 8.96. The summed E-state index contributed by atoms with van der Waals surface area (Å²) in [5.74, 6) is 3.74. The third-order valence-electron chi connectivity index (χ3n) is 5.89. The molecule has 0 aromatic heterocycles. The molecule has 2 fully saturated rings. The van der Waals surface area contributed by atoms with E-state index in [9.17, 15) is 0 Å². The molecule has 1 N–H and O–H groups in total. The Morgan fingerprint density at radius 3 is 1.86 bits per heavy atom. The fourth-order valence-electron chi connectivity index (χ4n) is 4.52. The van der Waals surface area contributed by atoms with Crippen LogP contribution in [0.25, 0.3) is 0 Å². The molecule has 0 aromatic rings. The van der Waals surface area contributed by atoms with E-state index in [2.05, 4.69) is 26.8 Å². The van der Waals surface area contributed by atoms with E-state index in [1.807, 2.05) is 6.08 Å². The van der Waals surface area contributed by atoms with Crippen LogP contribution >= 0.6 is 0 Å². The largest absolute Gasteiger partial charge is 0.309 e. The Balaban J connectivity index is 1.89. The Labute approximate surface area is 131 Å². The summed E-state index contributed by atoms with van der Waals surface area (Å²) < 4.78 is 0. The van der Waals surface area contributed by atoms with Gasteiger partial charge in [-0.15, -0.1) is 0 Å². The molecule has 0 heterocycles. The fourth-order valence-corrected chi connectivity index (χ4v) is 4.52. The van der Waals surface area contributed by atoms with Gasteiger partial charge in [-0.25, -0.2) is 0 Å². The van der Waals surface area contributed by atoms with Gasteiger partial charge in [0.05, 0.1) is 0 Å². The molecule has 0 aromatic carbocycles. The lowest BCUT2D eigenvalue weighted by Crippen LogP contribution is -2.25. The van der Waals surface area contributed by atoms with Crippen molar-refractivity contribution in [3.05, 3.63) is 23.3 Å². The summed E-state index contributed by atoms with van der Waals surface area (Å²) >= 11 is 0. The maximum absolute atomic E-state index is 7.20. The summed E-state index contributed by atoms with van der Waals surface area (Å²) in [5, 5.41) is 7.20. The Hall–Kier alpha value is -0.850. The van der Waals surface area contributed by atoms with Crippen molar-refractivity contribution < 1.29 is 0 Å². The molecule has 0 aliphatic heterocycles. The minimum Gasteiger partial charge on any atom is -0.309 e. The molecule has 2 rings (SSSR count). The second-order valence-electron chi connectivity index (χ2n) is 7.61. The van der Waals surface area contributed by atoms with Crippen LogP contribution in [0.3, 0.4) is 0 Å². The van der Waals surface area contributed by atoms with Crippen LogP contribution in [0.2, 0.25) is 0 Å². The highest BCUT2D eigenvalue weighted by Crippen LogP contribution is 2.43. The Morgan fingerprint density at radius 1 is 0.857 bits per heavy atom. The van der Waals surface area contributed by atoms with Crippen molar-refractivity contribution in [2.45, 2.75) is 72.1 Å². The van der Waals surface area contributed by atoms with Crippen LogP contribution in [0, 0.1) is 29.1 Å². The molecule has 0 saturated heterocycles. The van der Waals surface area contributed by atoms with Gasteiger partial charge >= 0.3 is 0 Å². The van der Waals surface area contributed by atoms with Crippen molar-refractivity contribution in [1.29, 1.82) is 5.41 Å². The number of hydrogen-bond acceptors (Lipinski definition) is 1. The van der Waals surface area contributed by atoms with Crippen LogP contribution in [0.1, 0.15) is 72.1 Å². The van der Waals surface area contributed by atoms with Gasteiger partial charge in [-0.3, -0.25) is 0 Å². The van der Waals surface area contributed by atoms with Crippen molar-refractivity contribution in [3.63, 3.8) is 0 Å². The van der Waals surface area contributed by atoms with Crippen LogP contribution in [-0.4, -0.2) is 6.21 Å². The number of hydrogen-bond donors (Lipinski definition) is 1. The van der Waals surface area contributed by atoms with Gasteiger partial charge in [-0.2, -0.15) is 0 Å². The molecule has 2 aliphatic rings. The van der Waals surface area contributed by atoms with Gasteiger partial charge in [0, 0.05) is 6.21 Å². The summed E-state index contributed by atoms with van der Waals surface area (Å²) in [6.45, 7) is 6.86. The normalized spacial score (nSPS) is 33.9. The van der Waals surface area contributed by atoms with Crippen LogP contribution in [0.4, 0.5) is 0 Å². The third-order valence-corrected chi connectivity index (χ3v) is 5.89. The van der Waals surface area contributed by atoms with Crippen LogP contribution in [0.15, 0.2) is 23.3 Å². The van der Waals surface area contributed by atoms with E-state index >= 15 is 0 Å². The molecular formula is C20H33N. The molecular weight excluding hydrogens is 254 g/mol. The highest BCUT2D eigenvalue weighted by molar-refractivity contribution is 5.68. The van der Waals surface area contributed by atoms with Gasteiger partial charge in [0.25, 0.3) is 0 Å². The maximum Gasteiger partial charge on any atom is 0.0177 e. The predicted octanol–water partition coefficient (Wildman–Crippen LogP) is 6.16. The first-order chi connectivity index (χ1) is 10.1. The van der Waals surface area contributed by atoms with E-state index in [0.717, 1.165) is 23.7 Å². The molecule has 2 aliphatic carbocycles. The van der Waals surface area contributed by atoms with E-state index in [4.69, 9.17) is 5.41 Å². The van der Waals surface area contributed by atoms with Gasteiger partial charge in [-0.1, -0.05) is 31.4 Å². The van der Waals surface area contributed by atoms with Gasteiger partial charge in [0.15, 0.2) is 0 Å². The maximum atomic E-state index is 7.20. The summed E-state index contributed by atoms with van der Waals surface area (Å²) in [6, 6.07) is 0. The standard InChI is InChI=1S/C20H33N/c1-15(2)20(5-4-14-21)19-12-10-18(11-13-19)17-8-6-16(3)7-9-17/h4-5,14,16-19,21H,6-13H2,1-3H3/b5-4-,21-14?. The Morgan fingerprint density at radius 2 is 1.38 bits per heavy atom. The van der Waals surface area contributed by atoms with Gasteiger partial charge < -0.3 is 5.41 Å². The molecule has 0 unspecified atom stereocenters. The molecule has 1 heteroatoms. The lowest BCUT2D eigenvalue weighted by Gasteiger charge is -2.37. The second-order valence-corrected chi connectivity index (χ2v) is 7.61. The lowest BCUT2D eigenvalue weighted by atomic mass is 9.68. The average Bonchev–Trinajstić information content (AvgIpc) is 2.49. The van der Waals surface area contributed by atoms with Gasteiger partial charge in [0.1, 0.15) is 0 Å². The summed E-state index contributed by atoms with van der Waals surface area (Å²) in [5.41, 5.74) is 2.93. The molecule has 2 saturated carbocycles. The molecule has 0 radical (unpaired) electrons. The van der Waals surface area contributed by atoms with E-state index < -0.39 is 0 Å². The first-order valence-corrected chi connectivity index (χ1v) is 8.96. The van der Waals surface area contributed by atoms with Crippen LogP contribution in [0.5, 0.6) is 0 Å². The van der Waals surface area contributed by atoms with Crippen molar-refractivity contribution in [3.8, 4) is 0 Å². The predicted molar refractivity (Wildman–Crippen MR) is 92.9 cm³/mol. The second kappa shape index (κ2) is 7.96. The highest BCUT2D eigenvalue weighted by atomic mass is 14.4. The fraction of sp³-hybridized carbons (Fsp3) is 0.750. The smallest absolute Gasteiger partial charge is 0.0177 e. The monoisotopic (exact) mass is 287 g/mol. The van der Waals surface area contributed by atoms with Crippen LogP contribution in [-0.2, 0) is 0 Å². The van der Waals surface area contributed by atoms with Crippen molar-refractivity contribution in [1.82, 2.24) is 0 Å². The topological polar surface area (TPSA) is 23.9 Å². The van der Waals surface area contributed by atoms with E-state index in [1.54, 1.807) is 0 Å². The molecule has 118 valence electrons. The molecule has 21 heavy (non-hydrogen) atoms. The Kier molecular flexibility index (Phi) is 6.26. The summed E-state index contributed by atoms with van der Waals surface area (Å²) in [4.78, 5) is 0. The minimum absolute atomic E-state index is 0.741. The quantitative estimate of drug-likeness (QED) is 0.473. The zero-order valence-corrected chi connectivity index (χ0v) is 14.2. The molecule has 0 amide bonds. The molecule has 0 atom stereocenters. The first kappa shape index (κ1) is 16.5. The van der Waals surface area contributed by atoms with Crippen molar-refractivity contribution in [2.75, 3.05) is 0 Å².